The summed E-state index contributed by atoms with van der Waals surface area (Å²) >= 11 is 1.21. The minimum atomic E-state index is -0.0473. The molecule has 0 saturated carbocycles. The number of carbonyl (C=O) groups excluding carboxylic acids is 1. The van der Waals surface area contributed by atoms with Crippen molar-refractivity contribution in [2.24, 2.45) is 5.92 Å². The van der Waals surface area contributed by atoms with Gasteiger partial charge in [-0.2, -0.15) is 0 Å². The molecule has 2 aromatic heterocycles. The molecule has 6 nitrogen and oxygen atoms in total. The van der Waals surface area contributed by atoms with Crippen molar-refractivity contribution >= 4 is 17.7 Å². The van der Waals surface area contributed by atoms with Crippen molar-refractivity contribution in [3.8, 4) is 11.7 Å². The first-order chi connectivity index (χ1) is 9.56. The van der Waals surface area contributed by atoms with Crippen LogP contribution in [0.3, 0.4) is 0 Å². The van der Waals surface area contributed by atoms with Crippen molar-refractivity contribution in [3.05, 3.63) is 18.4 Å². The fraction of sp³-hybridized carbons (Fsp3) is 0.462. The van der Waals surface area contributed by atoms with Crippen LogP contribution in [0, 0.1) is 5.92 Å². The predicted octanol–water partition coefficient (Wildman–Crippen LogP) is 2.58. The molecule has 0 bridgehead atoms. The van der Waals surface area contributed by atoms with Crippen LogP contribution < -0.4 is 5.32 Å². The maximum atomic E-state index is 11.7. The summed E-state index contributed by atoms with van der Waals surface area (Å²) in [5.41, 5.74) is 0. The molecule has 0 aromatic carbocycles. The van der Waals surface area contributed by atoms with E-state index in [4.69, 9.17) is 8.83 Å². The summed E-state index contributed by atoms with van der Waals surface area (Å²) in [6, 6.07) is 3.62. The Morgan fingerprint density at radius 2 is 2.20 bits per heavy atom. The predicted molar refractivity (Wildman–Crippen MR) is 75.2 cm³/mol. The molecule has 108 valence electrons. The number of furan rings is 1. The third kappa shape index (κ3) is 3.86. The zero-order valence-corrected chi connectivity index (χ0v) is 12.4. The monoisotopic (exact) mass is 295 g/mol. The van der Waals surface area contributed by atoms with Crippen molar-refractivity contribution in [3.63, 3.8) is 0 Å². The number of carbonyl (C=O) groups is 1. The second-order valence-electron chi connectivity index (χ2n) is 4.74. The van der Waals surface area contributed by atoms with E-state index >= 15 is 0 Å². The van der Waals surface area contributed by atoms with Gasteiger partial charge >= 0.3 is 0 Å². The number of hydrogen-bond acceptors (Lipinski definition) is 6. The van der Waals surface area contributed by atoms with Crippen molar-refractivity contribution in [1.82, 2.24) is 15.5 Å². The molecular formula is C13H17N3O3S. The highest BCUT2D eigenvalue weighted by Crippen LogP contribution is 2.23. The number of rotatable bonds is 6. The minimum Gasteiger partial charge on any atom is -0.459 e. The van der Waals surface area contributed by atoms with Crippen LogP contribution >= 0.6 is 11.8 Å². The SMILES string of the molecule is CC(C)[C@@H](C)NC(=O)CSc1nnc(-c2ccco2)o1. The summed E-state index contributed by atoms with van der Waals surface area (Å²) in [5.74, 6) is 1.43. The molecule has 7 heteroatoms. The standard InChI is InChI=1S/C13H17N3O3S/c1-8(2)9(3)14-11(17)7-20-13-16-15-12(19-13)10-5-4-6-18-10/h4-6,8-9H,7H2,1-3H3,(H,14,17)/t9-/m1/s1. The quantitative estimate of drug-likeness (QED) is 0.825. The lowest BCUT2D eigenvalue weighted by Gasteiger charge is -2.16. The fourth-order valence-electron chi connectivity index (χ4n) is 1.36. The van der Waals surface area contributed by atoms with Gasteiger partial charge in [0.15, 0.2) is 5.76 Å². The van der Waals surface area contributed by atoms with Gasteiger partial charge in [-0.25, -0.2) is 0 Å². The number of nitrogens with one attached hydrogen (secondary N) is 1. The molecule has 0 aliphatic rings. The number of hydrogen-bond donors (Lipinski definition) is 1. The Labute approximate surface area is 121 Å². The van der Waals surface area contributed by atoms with E-state index < -0.39 is 0 Å². The summed E-state index contributed by atoms with van der Waals surface area (Å²) in [7, 11) is 0. The largest absolute Gasteiger partial charge is 0.459 e. The Hall–Kier alpha value is -1.76. The van der Waals surface area contributed by atoms with Gasteiger partial charge < -0.3 is 14.2 Å². The average molecular weight is 295 g/mol. The van der Waals surface area contributed by atoms with E-state index in [2.05, 4.69) is 29.4 Å². The molecular weight excluding hydrogens is 278 g/mol. The van der Waals surface area contributed by atoms with E-state index in [1.54, 1.807) is 12.1 Å². The zero-order valence-electron chi connectivity index (χ0n) is 11.6. The Morgan fingerprint density at radius 3 is 2.85 bits per heavy atom. The summed E-state index contributed by atoms with van der Waals surface area (Å²) in [5, 5.41) is 11.0. The molecule has 1 atom stereocenters. The Morgan fingerprint density at radius 1 is 1.40 bits per heavy atom. The molecule has 0 radical (unpaired) electrons. The van der Waals surface area contributed by atoms with Crippen molar-refractivity contribution in [2.45, 2.75) is 32.0 Å². The second-order valence-corrected chi connectivity index (χ2v) is 5.67. The zero-order chi connectivity index (χ0) is 14.5. The fourth-order valence-corrected chi connectivity index (χ4v) is 1.93. The van der Waals surface area contributed by atoms with Crippen LogP contribution in [0.1, 0.15) is 20.8 Å². The molecule has 0 fully saturated rings. The number of amides is 1. The van der Waals surface area contributed by atoms with Crippen LogP contribution in [-0.4, -0.2) is 27.9 Å². The lowest BCUT2D eigenvalue weighted by molar-refractivity contribution is -0.119. The molecule has 0 aliphatic heterocycles. The summed E-state index contributed by atoms with van der Waals surface area (Å²) in [6.45, 7) is 6.10. The van der Waals surface area contributed by atoms with Crippen molar-refractivity contribution in [1.29, 1.82) is 0 Å². The van der Waals surface area contributed by atoms with Gasteiger partial charge in [-0.3, -0.25) is 4.79 Å². The van der Waals surface area contributed by atoms with Crippen LogP contribution in [0.4, 0.5) is 0 Å². The van der Waals surface area contributed by atoms with Gasteiger partial charge in [0, 0.05) is 6.04 Å². The maximum absolute atomic E-state index is 11.7. The molecule has 0 spiro atoms. The van der Waals surface area contributed by atoms with Crippen LogP contribution in [0.5, 0.6) is 0 Å². The highest BCUT2D eigenvalue weighted by atomic mass is 32.2. The molecule has 2 aromatic rings. The molecule has 2 rings (SSSR count). The van der Waals surface area contributed by atoms with E-state index in [1.165, 1.54) is 18.0 Å². The van der Waals surface area contributed by atoms with Crippen LogP contribution in [0.2, 0.25) is 0 Å². The highest BCUT2D eigenvalue weighted by molar-refractivity contribution is 7.99. The topological polar surface area (TPSA) is 81.2 Å². The van der Waals surface area contributed by atoms with Gasteiger partial charge in [0.25, 0.3) is 11.1 Å². The first-order valence-electron chi connectivity index (χ1n) is 6.36. The minimum absolute atomic E-state index is 0.0473. The highest BCUT2D eigenvalue weighted by Gasteiger charge is 2.14. The molecule has 1 amide bonds. The van der Waals surface area contributed by atoms with Gasteiger partial charge in [0.2, 0.25) is 5.91 Å². The van der Waals surface area contributed by atoms with Gasteiger partial charge in [-0.15, -0.1) is 10.2 Å². The lowest BCUT2D eigenvalue weighted by atomic mass is 10.1. The van der Waals surface area contributed by atoms with E-state index in [-0.39, 0.29) is 17.7 Å². The first kappa shape index (κ1) is 14.6. The van der Waals surface area contributed by atoms with Crippen LogP contribution in [0.25, 0.3) is 11.7 Å². The van der Waals surface area contributed by atoms with Gasteiger partial charge in [0.05, 0.1) is 12.0 Å². The molecule has 20 heavy (non-hydrogen) atoms. The van der Waals surface area contributed by atoms with E-state index in [9.17, 15) is 4.79 Å². The van der Waals surface area contributed by atoms with Crippen molar-refractivity contribution < 1.29 is 13.6 Å². The molecule has 0 unspecified atom stereocenters. The molecule has 2 heterocycles. The third-order valence-corrected chi connectivity index (χ3v) is 3.67. The van der Waals surface area contributed by atoms with Gasteiger partial charge in [-0.1, -0.05) is 25.6 Å². The van der Waals surface area contributed by atoms with Crippen LogP contribution in [-0.2, 0) is 4.79 Å². The molecule has 0 saturated heterocycles. The van der Waals surface area contributed by atoms with E-state index in [1.807, 2.05) is 6.92 Å². The van der Waals surface area contributed by atoms with E-state index in [0.29, 0.717) is 22.8 Å². The number of thioether (sulfide) groups is 1. The normalized spacial score (nSPS) is 12.6. The van der Waals surface area contributed by atoms with Gasteiger partial charge in [0.1, 0.15) is 0 Å². The average Bonchev–Trinajstić information content (AvgIpc) is 3.07. The Bertz CT molecular complexity index is 551. The summed E-state index contributed by atoms with van der Waals surface area (Å²) in [6.07, 6.45) is 1.53. The second kappa shape index (κ2) is 6.60. The third-order valence-electron chi connectivity index (χ3n) is 2.85. The molecule has 1 N–H and O–H groups in total. The maximum Gasteiger partial charge on any atom is 0.284 e. The lowest BCUT2D eigenvalue weighted by Crippen LogP contribution is -2.37. The van der Waals surface area contributed by atoms with Crippen LogP contribution in [0.15, 0.2) is 32.5 Å². The number of nitrogens with zero attached hydrogens (tertiary/aromatic N) is 2. The Kier molecular flexibility index (Phi) is 4.84. The van der Waals surface area contributed by atoms with Crippen molar-refractivity contribution in [2.75, 3.05) is 5.75 Å². The first-order valence-corrected chi connectivity index (χ1v) is 7.34. The summed E-state index contributed by atoms with van der Waals surface area (Å²) < 4.78 is 10.6. The smallest absolute Gasteiger partial charge is 0.284 e. The summed E-state index contributed by atoms with van der Waals surface area (Å²) in [4.78, 5) is 11.7. The number of aromatic nitrogens is 2. The van der Waals surface area contributed by atoms with Gasteiger partial charge in [-0.05, 0) is 25.0 Å². The molecule has 0 aliphatic carbocycles. The van der Waals surface area contributed by atoms with E-state index in [0.717, 1.165) is 0 Å². The Balaban J connectivity index is 1.84.